The first-order valence-corrected chi connectivity index (χ1v) is 8.29. The Kier molecular flexibility index (Phi) is 6.69. The minimum absolute atomic E-state index is 0.0757. The van der Waals surface area contributed by atoms with Crippen molar-refractivity contribution in [3.8, 4) is 17.2 Å². The van der Waals surface area contributed by atoms with Crippen LogP contribution in [0.1, 0.15) is 31.0 Å². The van der Waals surface area contributed by atoms with Gasteiger partial charge in [-0.3, -0.25) is 4.79 Å². The summed E-state index contributed by atoms with van der Waals surface area (Å²) in [7, 11) is 3.13. The van der Waals surface area contributed by atoms with Gasteiger partial charge >= 0.3 is 0 Å². The quantitative estimate of drug-likeness (QED) is 0.797. The molecule has 0 aromatic heterocycles. The Morgan fingerprint density at radius 2 is 1.56 bits per heavy atom. The smallest absolute Gasteiger partial charge is 0.258 e. The van der Waals surface area contributed by atoms with Crippen LogP contribution in [-0.4, -0.2) is 26.7 Å². The van der Waals surface area contributed by atoms with E-state index in [9.17, 15) is 4.79 Å². The van der Waals surface area contributed by atoms with Crippen molar-refractivity contribution in [1.29, 1.82) is 0 Å². The Labute approximate surface area is 148 Å². The number of rotatable bonds is 8. The van der Waals surface area contributed by atoms with Crippen molar-refractivity contribution in [3.05, 3.63) is 53.6 Å². The molecule has 0 aliphatic rings. The summed E-state index contributed by atoms with van der Waals surface area (Å²) in [5.41, 5.74) is 2.34. The van der Waals surface area contributed by atoms with Crippen LogP contribution in [0.15, 0.2) is 42.5 Å². The van der Waals surface area contributed by atoms with Crippen molar-refractivity contribution >= 4 is 5.91 Å². The van der Waals surface area contributed by atoms with Crippen molar-refractivity contribution in [2.75, 3.05) is 20.8 Å². The van der Waals surface area contributed by atoms with E-state index in [1.165, 1.54) is 5.56 Å². The minimum atomic E-state index is -0.186. The normalized spacial score (nSPS) is 11.5. The molecule has 1 amide bonds. The number of carbonyl (C=O) groups is 1. The van der Waals surface area contributed by atoms with E-state index in [0.717, 1.165) is 12.0 Å². The van der Waals surface area contributed by atoms with Gasteiger partial charge in [0.2, 0.25) is 0 Å². The van der Waals surface area contributed by atoms with Gasteiger partial charge in [0.1, 0.15) is 17.2 Å². The van der Waals surface area contributed by atoms with E-state index in [1.54, 1.807) is 32.4 Å². The summed E-state index contributed by atoms with van der Waals surface area (Å²) in [6, 6.07) is 13.3. The van der Waals surface area contributed by atoms with E-state index in [4.69, 9.17) is 14.2 Å². The van der Waals surface area contributed by atoms with Gasteiger partial charge < -0.3 is 19.5 Å². The molecule has 0 unspecified atom stereocenters. The molecule has 0 saturated carbocycles. The number of ether oxygens (including phenoxy) is 3. The van der Waals surface area contributed by atoms with Crippen LogP contribution in [0.5, 0.6) is 17.2 Å². The molecular weight excluding hydrogens is 318 g/mol. The van der Waals surface area contributed by atoms with E-state index in [0.29, 0.717) is 17.2 Å². The summed E-state index contributed by atoms with van der Waals surface area (Å²) >= 11 is 0. The highest BCUT2D eigenvalue weighted by Gasteiger charge is 2.11. The lowest BCUT2D eigenvalue weighted by Crippen LogP contribution is -2.31. The van der Waals surface area contributed by atoms with Crippen LogP contribution < -0.4 is 19.5 Å². The van der Waals surface area contributed by atoms with E-state index in [2.05, 4.69) is 24.4 Å². The molecule has 25 heavy (non-hydrogen) atoms. The maximum atomic E-state index is 12.1. The Bertz CT molecular complexity index is 675. The van der Waals surface area contributed by atoms with Gasteiger partial charge in [-0.05, 0) is 24.5 Å². The molecule has 0 radical (unpaired) electrons. The van der Waals surface area contributed by atoms with Gasteiger partial charge in [0.25, 0.3) is 5.91 Å². The van der Waals surface area contributed by atoms with E-state index in [1.807, 2.05) is 19.1 Å². The fourth-order valence-corrected chi connectivity index (χ4v) is 2.42. The summed E-state index contributed by atoms with van der Waals surface area (Å²) < 4.78 is 15.9. The summed E-state index contributed by atoms with van der Waals surface area (Å²) in [4.78, 5) is 12.1. The molecule has 2 aromatic rings. The van der Waals surface area contributed by atoms with Crippen LogP contribution in [0.4, 0.5) is 0 Å². The highest BCUT2D eigenvalue weighted by atomic mass is 16.5. The van der Waals surface area contributed by atoms with E-state index < -0.39 is 0 Å². The third-order valence-electron chi connectivity index (χ3n) is 3.96. The molecule has 0 aliphatic carbocycles. The van der Waals surface area contributed by atoms with Crippen molar-refractivity contribution in [2.24, 2.45) is 0 Å². The Morgan fingerprint density at radius 3 is 2.08 bits per heavy atom. The lowest BCUT2D eigenvalue weighted by molar-refractivity contribution is -0.123. The monoisotopic (exact) mass is 343 g/mol. The van der Waals surface area contributed by atoms with Crippen molar-refractivity contribution in [3.63, 3.8) is 0 Å². The number of nitrogens with one attached hydrogen (secondary N) is 1. The molecule has 5 nitrogen and oxygen atoms in total. The van der Waals surface area contributed by atoms with Crippen LogP contribution in [0, 0.1) is 0 Å². The fourth-order valence-electron chi connectivity index (χ4n) is 2.42. The highest BCUT2D eigenvalue weighted by Crippen LogP contribution is 2.27. The van der Waals surface area contributed by atoms with E-state index >= 15 is 0 Å². The van der Waals surface area contributed by atoms with Crippen LogP contribution in [-0.2, 0) is 11.2 Å². The second-order valence-corrected chi connectivity index (χ2v) is 5.72. The third-order valence-corrected chi connectivity index (χ3v) is 3.96. The molecule has 1 atom stereocenters. The summed E-state index contributed by atoms with van der Waals surface area (Å²) in [6.07, 6.45) is 0.999. The topological polar surface area (TPSA) is 56.8 Å². The molecule has 2 aromatic carbocycles. The van der Waals surface area contributed by atoms with Gasteiger partial charge in [-0.25, -0.2) is 0 Å². The average molecular weight is 343 g/mol. The van der Waals surface area contributed by atoms with Gasteiger partial charge in [0.15, 0.2) is 6.61 Å². The molecule has 0 spiro atoms. The van der Waals surface area contributed by atoms with Gasteiger partial charge in [-0.2, -0.15) is 0 Å². The molecule has 0 bridgehead atoms. The predicted octanol–water partition coefficient (Wildman–Crippen LogP) is 3.52. The minimum Gasteiger partial charge on any atom is -0.496 e. The van der Waals surface area contributed by atoms with Crippen molar-refractivity contribution < 1.29 is 19.0 Å². The number of hydrogen-bond donors (Lipinski definition) is 1. The zero-order valence-corrected chi connectivity index (χ0v) is 15.2. The summed E-state index contributed by atoms with van der Waals surface area (Å²) in [6.45, 7) is 3.99. The zero-order chi connectivity index (χ0) is 18.2. The number of amides is 1. The SMILES string of the molecule is CCc1ccc([C@@H](C)NC(=O)COc2cc(OC)cc(OC)c2)cc1. The van der Waals surface area contributed by atoms with Gasteiger partial charge in [-0.1, -0.05) is 31.2 Å². The highest BCUT2D eigenvalue weighted by molar-refractivity contribution is 5.78. The van der Waals surface area contributed by atoms with Crippen LogP contribution in [0.25, 0.3) is 0 Å². The van der Waals surface area contributed by atoms with Crippen molar-refractivity contribution in [2.45, 2.75) is 26.3 Å². The molecule has 2 rings (SSSR count). The van der Waals surface area contributed by atoms with Crippen LogP contribution in [0.3, 0.4) is 0 Å². The second-order valence-electron chi connectivity index (χ2n) is 5.72. The van der Waals surface area contributed by atoms with Gasteiger partial charge in [0.05, 0.1) is 20.3 Å². The number of aryl methyl sites for hydroxylation is 1. The first-order chi connectivity index (χ1) is 12.0. The summed E-state index contributed by atoms with van der Waals surface area (Å²) in [5, 5.41) is 2.93. The lowest BCUT2D eigenvalue weighted by Gasteiger charge is -2.15. The Hall–Kier alpha value is -2.69. The molecule has 1 N–H and O–H groups in total. The molecule has 134 valence electrons. The molecule has 0 aliphatic heterocycles. The molecule has 5 heteroatoms. The first kappa shape index (κ1) is 18.6. The number of methoxy groups -OCH3 is 2. The lowest BCUT2D eigenvalue weighted by atomic mass is 10.1. The Balaban J connectivity index is 1.91. The summed E-state index contributed by atoms with van der Waals surface area (Å²) in [5.74, 6) is 1.55. The predicted molar refractivity (Wildman–Crippen MR) is 97.4 cm³/mol. The molecule has 0 heterocycles. The van der Waals surface area contributed by atoms with E-state index in [-0.39, 0.29) is 18.6 Å². The van der Waals surface area contributed by atoms with Gasteiger partial charge in [0, 0.05) is 18.2 Å². The third kappa shape index (κ3) is 5.41. The standard InChI is InChI=1S/C20H25NO4/c1-5-15-6-8-16(9-7-15)14(2)21-20(22)13-25-19-11-17(23-3)10-18(12-19)24-4/h6-12,14H,5,13H2,1-4H3,(H,21,22)/t14-/m1/s1. The molecular formula is C20H25NO4. The maximum absolute atomic E-state index is 12.1. The molecule has 0 fully saturated rings. The van der Waals surface area contributed by atoms with Gasteiger partial charge in [-0.15, -0.1) is 0 Å². The zero-order valence-electron chi connectivity index (χ0n) is 15.2. The van der Waals surface area contributed by atoms with Crippen LogP contribution >= 0.6 is 0 Å². The number of hydrogen-bond acceptors (Lipinski definition) is 4. The Morgan fingerprint density at radius 1 is 1.00 bits per heavy atom. The first-order valence-electron chi connectivity index (χ1n) is 8.29. The average Bonchev–Trinajstić information content (AvgIpc) is 2.66. The molecule has 0 saturated heterocycles. The maximum Gasteiger partial charge on any atom is 0.258 e. The second kappa shape index (κ2) is 8.97. The number of benzene rings is 2. The number of carbonyl (C=O) groups excluding carboxylic acids is 1. The van der Waals surface area contributed by atoms with Crippen molar-refractivity contribution in [1.82, 2.24) is 5.32 Å². The fraction of sp³-hybridized carbons (Fsp3) is 0.350. The van der Waals surface area contributed by atoms with Crippen LogP contribution in [0.2, 0.25) is 0 Å². The largest absolute Gasteiger partial charge is 0.496 e.